The Morgan fingerprint density at radius 1 is 0.963 bits per heavy atom. The quantitative estimate of drug-likeness (QED) is 0.568. The van der Waals surface area contributed by atoms with Crippen molar-refractivity contribution in [3.05, 3.63) is 34.3 Å². The van der Waals surface area contributed by atoms with Crippen molar-refractivity contribution in [2.24, 2.45) is 5.92 Å². The van der Waals surface area contributed by atoms with Crippen LogP contribution in [0.25, 0.3) is 0 Å². The second-order valence-electron chi connectivity index (χ2n) is 6.55. The van der Waals surface area contributed by atoms with E-state index in [0.717, 1.165) is 11.1 Å². The van der Waals surface area contributed by atoms with Crippen LogP contribution in [0.1, 0.15) is 44.9 Å². The topological polar surface area (TPSA) is 88.1 Å². The summed E-state index contributed by atoms with van der Waals surface area (Å²) in [7, 11) is 0. The molecule has 2 rings (SSSR count). The van der Waals surface area contributed by atoms with E-state index in [9.17, 15) is 14.4 Å². The molecule has 1 fully saturated rings. The van der Waals surface area contributed by atoms with Gasteiger partial charge in [0.1, 0.15) is 0 Å². The van der Waals surface area contributed by atoms with Gasteiger partial charge in [-0.1, -0.05) is 30.7 Å². The van der Waals surface area contributed by atoms with Gasteiger partial charge >= 0.3 is 17.9 Å². The average Bonchev–Trinajstić information content (AvgIpc) is 2.55. The highest BCUT2D eigenvalue weighted by Crippen LogP contribution is 2.40. The minimum absolute atomic E-state index is 0.399. The third kappa shape index (κ3) is 5.20. The summed E-state index contributed by atoms with van der Waals surface area (Å²) in [6.45, 7) is 7.35. The van der Waals surface area contributed by atoms with Gasteiger partial charge in [-0.05, 0) is 24.1 Å². The van der Waals surface area contributed by atoms with E-state index in [1.54, 1.807) is 13.0 Å². The number of ether oxygens (including phenoxy) is 4. The molecule has 5 atom stereocenters. The molecular weight excluding hydrogens is 376 g/mol. The molecular formula is C19H23ClO7. The lowest BCUT2D eigenvalue weighted by atomic mass is 9.86. The van der Waals surface area contributed by atoms with Crippen LogP contribution in [0.4, 0.5) is 0 Å². The fourth-order valence-electron chi connectivity index (χ4n) is 3.08. The van der Waals surface area contributed by atoms with Gasteiger partial charge in [-0.3, -0.25) is 14.4 Å². The highest BCUT2D eigenvalue weighted by molar-refractivity contribution is 6.31. The van der Waals surface area contributed by atoms with Crippen LogP contribution in [-0.4, -0.2) is 36.4 Å². The molecule has 0 aliphatic carbocycles. The highest BCUT2D eigenvalue weighted by Gasteiger charge is 2.50. The number of esters is 3. The zero-order valence-corrected chi connectivity index (χ0v) is 16.6. The maximum Gasteiger partial charge on any atom is 0.305 e. The molecule has 1 aliphatic heterocycles. The van der Waals surface area contributed by atoms with E-state index in [-0.39, 0.29) is 0 Å². The Hall–Kier alpha value is -2.12. The highest BCUT2D eigenvalue weighted by atomic mass is 35.5. The molecule has 0 spiro atoms. The van der Waals surface area contributed by atoms with E-state index in [1.807, 2.05) is 19.1 Å². The van der Waals surface area contributed by atoms with E-state index in [0.29, 0.717) is 5.02 Å². The van der Waals surface area contributed by atoms with Crippen molar-refractivity contribution < 1.29 is 33.3 Å². The van der Waals surface area contributed by atoms with Crippen LogP contribution in [0.5, 0.6) is 0 Å². The summed E-state index contributed by atoms with van der Waals surface area (Å²) in [5, 5.41) is 0.554. The first-order valence-electron chi connectivity index (χ1n) is 8.53. The fraction of sp³-hybridized carbons (Fsp3) is 0.526. The van der Waals surface area contributed by atoms with Gasteiger partial charge in [0.15, 0.2) is 6.10 Å². The van der Waals surface area contributed by atoms with Crippen molar-refractivity contribution in [1.82, 2.24) is 0 Å². The molecule has 0 unspecified atom stereocenters. The smallest absolute Gasteiger partial charge is 0.305 e. The number of hydrogen-bond acceptors (Lipinski definition) is 7. The summed E-state index contributed by atoms with van der Waals surface area (Å²) in [6.07, 6.45) is -3.77. The van der Waals surface area contributed by atoms with Gasteiger partial charge < -0.3 is 18.9 Å². The number of halogens is 1. The number of benzene rings is 1. The summed E-state index contributed by atoms with van der Waals surface area (Å²) < 4.78 is 21.8. The van der Waals surface area contributed by atoms with Crippen molar-refractivity contribution >= 4 is 29.5 Å². The Morgan fingerprint density at radius 2 is 1.52 bits per heavy atom. The largest absolute Gasteiger partial charge is 0.458 e. The van der Waals surface area contributed by atoms with Gasteiger partial charge in [0.25, 0.3) is 0 Å². The van der Waals surface area contributed by atoms with Crippen LogP contribution in [0.3, 0.4) is 0 Å². The minimum Gasteiger partial charge on any atom is -0.458 e. The Bertz CT molecular complexity index is 733. The summed E-state index contributed by atoms with van der Waals surface area (Å²) in [5.41, 5.74) is 1.63. The molecule has 27 heavy (non-hydrogen) atoms. The van der Waals surface area contributed by atoms with Gasteiger partial charge in [-0.25, -0.2) is 0 Å². The monoisotopic (exact) mass is 398 g/mol. The molecule has 1 heterocycles. The maximum absolute atomic E-state index is 11.6. The molecule has 1 saturated heterocycles. The minimum atomic E-state index is -1.22. The van der Waals surface area contributed by atoms with Crippen molar-refractivity contribution in [3.63, 3.8) is 0 Å². The van der Waals surface area contributed by atoms with Gasteiger partial charge in [0.05, 0.1) is 6.10 Å². The second-order valence-corrected chi connectivity index (χ2v) is 6.96. The van der Waals surface area contributed by atoms with Gasteiger partial charge in [0, 0.05) is 31.7 Å². The summed E-state index contributed by atoms with van der Waals surface area (Å²) >= 11 is 6.22. The lowest BCUT2D eigenvalue weighted by Crippen LogP contribution is -2.55. The van der Waals surface area contributed by atoms with Crippen LogP contribution in [0.2, 0.25) is 5.02 Å². The summed E-state index contributed by atoms with van der Waals surface area (Å²) in [4.78, 5) is 34.7. The van der Waals surface area contributed by atoms with Crippen LogP contribution >= 0.6 is 11.6 Å². The normalized spacial score (nSPS) is 27.6. The average molecular weight is 399 g/mol. The molecule has 0 aromatic heterocycles. The number of carbonyl (C=O) groups excluding carboxylic acids is 3. The third-order valence-corrected chi connectivity index (χ3v) is 4.69. The SMILES string of the molecule is CC(=O)O[C@H]1O[C@@H](c2ccc(C)c(Cl)c2)[C@H](C)[C@@H](OC(C)=O)[C@@H]1OC(C)=O. The van der Waals surface area contributed by atoms with Crippen LogP contribution < -0.4 is 0 Å². The first-order valence-corrected chi connectivity index (χ1v) is 8.91. The molecule has 8 heteroatoms. The first-order chi connectivity index (χ1) is 12.6. The molecule has 0 bridgehead atoms. The number of aryl methyl sites for hydroxylation is 1. The molecule has 1 aromatic carbocycles. The standard InChI is InChI=1S/C19H23ClO7/c1-9-6-7-14(8-15(9)20)16-10(2)17(24-11(3)21)18(25-12(4)22)19(27-16)26-13(5)23/h6-8,10,16-19H,1-5H3/t10-,16+,17+,18-,19-/m0/s1. The first kappa shape index (κ1) is 21.2. The van der Waals surface area contributed by atoms with E-state index >= 15 is 0 Å². The fourth-order valence-corrected chi connectivity index (χ4v) is 3.27. The molecule has 7 nitrogen and oxygen atoms in total. The van der Waals surface area contributed by atoms with Crippen molar-refractivity contribution in [3.8, 4) is 0 Å². The van der Waals surface area contributed by atoms with Gasteiger partial charge in [-0.2, -0.15) is 0 Å². The van der Waals surface area contributed by atoms with E-state index in [2.05, 4.69) is 0 Å². The van der Waals surface area contributed by atoms with E-state index in [1.165, 1.54) is 20.8 Å². The predicted molar refractivity (Wildman–Crippen MR) is 95.8 cm³/mol. The van der Waals surface area contributed by atoms with Crippen molar-refractivity contribution in [2.45, 2.75) is 59.2 Å². The Labute approximate surface area is 162 Å². The van der Waals surface area contributed by atoms with Gasteiger partial charge in [0.2, 0.25) is 12.4 Å². The summed E-state index contributed by atoms with van der Waals surface area (Å²) in [6, 6.07) is 5.43. The van der Waals surface area contributed by atoms with Crippen LogP contribution in [0, 0.1) is 12.8 Å². The zero-order chi connectivity index (χ0) is 20.3. The molecule has 0 saturated carbocycles. The number of hydrogen-bond donors (Lipinski definition) is 0. The van der Waals surface area contributed by atoms with Crippen molar-refractivity contribution in [2.75, 3.05) is 0 Å². The van der Waals surface area contributed by atoms with Gasteiger partial charge in [-0.15, -0.1) is 0 Å². The Morgan fingerprint density at radius 3 is 2.04 bits per heavy atom. The van der Waals surface area contributed by atoms with E-state index < -0.39 is 48.4 Å². The predicted octanol–water partition coefficient (Wildman–Crippen LogP) is 3.11. The summed E-state index contributed by atoms with van der Waals surface area (Å²) in [5.74, 6) is -2.17. The molecule has 0 radical (unpaired) electrons. The van der Waals surface area contributed by atoms with Crippen LogP contribution in [0.15, 0.2) is 18.2 Å². The molecule has 0 amide bonds. The lowest BCUT2D eigenvalue weighted by Gasteiger charge is -2.43. The third-order valence-electron chi connectivity index (χ3n) is 4.28. The maximum atomic E-state index is 11.6. The number of carbonyl (C=O) groups is 3. The van der Waals surface area contributed by atoms with Crippen LogP contribution in [-0.2, 0) is 33.3 Å². The van der Waals surface area contributed by atoms with E-state index in [4.69, 9.17) is 30.5 Å². The molecule has 1 aromatic rings. The lowest BCUT2D eigenvalue weighted by molar-refractivity contribution is -0.283. The zero-order valence-electron chi connectivity index (χ0n) is 15.9. The molecule has 0 N–H and O–H groups in total. The van der Waals surface area contributed by atoms with Crippen molar-refractivity contribution in [1.29, 1.82) is 0 Å². The second kappa shape index (κ2) is 8.71. The Balaban J connectivity index is 2.44. The molecule has 1 aliphatic rings. The molecule has 148 valence electrons. The Kier molecular flexibility index (Phi) is 6.84. The number of rotatable bonds is 4.